The van der Waals surface area contributed by atoms with E-state index in [0.29, 0.717) is 0 Å². The Bertz CT molecular complexity index is 8.88. The minimum atomic E-state index is 0. The van der Waals surface area contributed by atoms with E-state index in [-0.39, 0.29) is 73.4 Å². The number of rotatable bonds is 0. The second-order valence-corrected chi connectivity index (χ2v) is 0. The van der Waals surface area contributed by atoms with Gasteiger partial charge in [0.2, 0.25) is 0 Å². The molecular weight excluding hydrogens is 222 g/mol. The van der Waals surface area contributed by atoms with Crippen LogP contribution in [0, 0.1) is 0 Å². The van der Waals surface area contributed by atoms with Gasteiger partial charge >= 0.3 is 35.0 Å². The van der Waals surface area contributed by atoms with Crippen LogP contribution in [-0.4, -0.2) is 38.3 Å². The van der Waals surface area contributed by atoms with E-state index in [0.717, 1.165) is 0 Å². The molecule has 7 N–H and O–H groups in total. The molecule has 7 nitrogen and oxygen atoms in total. The van der Waals surface area contributed by atoms with Crippen molar-refractivity contribution in [3.05, 3.63) is 0 Å². The molecule has 0 aliphatic carbocycles. The van der Waals surface area contributed by atoms with Gasteiger partial charge in [0.25, 0.3) is 0 Å². The van der Waals surface area contributed by atoms with Crippen LogP contribution in [0.2, 0.25) is 0 Å². The smallest absolute Gasteiger partial charge is 0.870 e. The molecule has 0 aromatic rings. The molecule has 64 valence electrons. The summed E-state index contributed by atoms with van der Waals surface area (Å²) in [5.74, 6) is 0. The van der Waals surface area contributed by atoms with E-state index in [2.05, 4.69) is 0 Å². The van der Waals surface area contributed by atoms with Crippen molar-refractivity contribution in [1.29, 1.82) is 0 Å². The molecule has 0 atom stereocenters. The van der Waals surface area contributed by atoms with Crippen LogP contribution in [0.25, 0.3) is 0 Å². The fraction of sp³-hybridized carbons (Fsp3) is 0. The van der Waals surface area contributed by atoms with Gasteiger partial charge in [0, 0.05) is 0 Å². The Morgan fingerprint density at radius 1 is 0.333 bits per heavy atom. The van der Waals surface area contributed by atoms with Gasteiger partial charge in [-0.3, -0.25) is 0 Å². The normalized spacial score (nSPS) is 0. The zero-order valence-electron chi connectivity index (χ0n) is 3.89. The summed E-state index contributed by atoms with van der Waals surface area (Å²) in [6, 6.07) is 0. The molecule has 0 aromatic carbocycles. The fourth-order valence-corrected chi connectivity index (χ4v) is 0. The maximum Gasteiger partial charge on any atom is 5.00 e. The second kappa shape index (κ2) is 840. The monoisotopic (exact) mass is 228 g/mol. The van der Waals surface area contributed by atoms with Crippen molar-refractivity contribution in [1.82, 2.24) is 0 Å². The van der Waals surface area contributed by atoms with Crippen LogP contribution < -0.4 is 0 Å². The van der Waals surface area contributed by atoms with Crippen LogP contribution in [0.1, 0.15) is 0 Å². The summed E-state index contributed by atoms with van der Waals surface area (Å²) in [4.78, 5) is 0. The molecule has 0 unspecified atom stereocenters. The van der Waals surface area contributed by atoms with Crippen molar-refractivity contribution < 1.29 is 73.4 Å². The van der Waals surface area contributed by atoms with Crippen molar-refractivity contribution >= 4 is 0 Å². The van der Waals surface area contributed by atoms with E-state index in [1.165, 1.54) is 0 Å². The third-order valence-corrected chi connectivity index (χ3v) is 0. The molecule has 0 saturated carbocycles. The van der Waals surface area contributed by atoms with Crippen molar-refractivity contribution in [2.45, 2.75) is 0 Å². The molecule has 0 bridgehead atoms. The fourth-order valence-electron chi connectivity index (χ4n) is 0. The predicted octanol–water partition coefficient (Wildman–Crippen LogP) is -1.24. The van der Waals surface area contributed by atoms with Crippen LogP contribution in [0.3, 0.4) is 0 Å². The Hall–Kier alpha value is 0.798. The molecule has 0 aromatic heterocycles. The number of hydrogen-bond donors (Lipinski definition) is 0. The van der Waals surface area contributed by atoms with Gasteiger partial charge in [-0.25, -0.2) is 0 Å². The van der Waals surface area contributed by atoms with Gasteiger partial charge in [-0.05, 0) is 0 Å². The molecular formula is H7NiO7V. The van der Waals surface area contributed by atoms with Gasteiger partial charge in [-0.15, -0.1) is 0 Å². The minimum Gasteiger partial charge on any atom is -0.870 e. The molecule has 0 heterocycles. The predicted molar refractivity (Wildman–Crippen MR) is 13.6 cm³/mol. The van der Waals surface area contributed by atoms with Crippen molar-refractivity contribution in [2.75, 3.05) is 0 Å². The van der Waals surface area contributed by atoms with Gasteiger partial charge < -0.3 is 38.3 Å². The summed E-state index contributed by atoms with van der Waals surface area (Å²) < 4.78 is 0. The van der Waals surface area contributed by atoms with E-state index >= 15 is 0 Å². The average Bonchev–Trinajstić information content (AvgIpc) is 0. The largest absolute Gasteiger partial charge is 5.00 e. The first-order valence-corrected chi connectivity index (χ1v) is 0. The second-order valence-electron chi connectivity index (χ2n) is 0. The zero-order chi connectivity index (χ0) is 0. The summed E-state index contributed by atoms with van der Waals surface area (Å²) in [6.45, 7) is 0. The first-order valence-electron chi connectivity index (χ1n) is 0. The molecule has 0 amide bonds. The van der Waals surface area contributed by atoms with Gasteiger partial charge in [0.1, 0.15) is 0 Å². The zero-order valence-corrected chi connectivity index (χ0v) is 6.28. The molecule has 9 heteroatoms. The maximum absolute atomic E-state index is 0. The van der Waals surface area contributed by atoms with Gasteiger partial charge in [0.15, 0.2) is 0 Å². The quantitative estimate of drug-likeness (QED) is 0.459. The summed E-state index contributed by atoms with van der Waals surface area (Å²) in [5.41, 5.74) is 0. The van der Waals surface area contributed by atoms with E-state index < -0.39 is 0 Å². The Balaban J connectivity index is 0. The molecule has 9 heavy (non-hydrogen) atoms. The summed E-state index contributed by atoms with van der Waals surface area (Å²) in [6.07, 6.45) is 0. The molecule has 0 fully saturated rings. The third-order valence-electron chi connectivity index (χ3n) is 0. The Morgan fingerprint density at radius 2 is 0.333 bits per heavy atom. The molecule has 0 radical (unpaired) electrons. The maximum atomic E-state index is 0. The van der Waals surface area contributed by atoms with E-state index in [1.807, 2.05) is 0 Å². The first-order chi connectivity index (χ1) is 0. The number of hydrogen-bond acceptors (Lipinski definition) is 7. The third kappa shape index (κ3) is 639. The summed E-state index contributed by atoms with van der Waals surface area (Å²) >= 11 is 0. The Kier molecular flexibility index (Phi) is 111000. The Morgan fingerprint density at radius 3 is 0.333 bits per heavy atom. The SMILES string of the molecule is [Ni+2].[OH-].[OH-].[OH-].[OH-].[OH-].[OH-].[OH-].[V+5]. The van der Waals surface area contributed by atoms with Gasteiger partial charge in [-0.1, -0.05) is 0 Å². The van der Waals surface area contributed by atoms with Gasteiger partial charge in [0.05, 0.1) is 0 Å². The van der Waals surface area contributed by atoms with E-state index in [1.54, 1.807) is 0 Å². The average molecular weight is 229 g/mol. The topological polar surface area (TPSA) is 210 Å². The summed E-state index contributed by atoms with van der Waals surface area (Å²) in [5, 5.41) is 0. The first kappa shape index (κ1) is 1190. The van der Waals surface area contributed by atoms with E-state index in [4.69, 9.17) is 0 Å². The molecule has 0 spiro atoms. The van der Waals surface area contributed by atoms with Crippen LogP contribution in [0.4, 0.5) is 0 Å². The van der Waals surface area contributed by atoms with Gasteiger partial charge in [-0.2, -0.15) is 0 Å². The van der Waals surface area contributed by atoms with Crippen molar-refractivity contribution in [3.63, 3.8) is 0 Å². The standard InChI is InChI=1S/Ni.7H2O.V/h;7*1H2;/q+2;;;;;;;;+5/p-7. The summed E-state index contributed by atoms with van der Waals surface area (Å²) in [7, 11) is 0. The van der Waals surface area contributed by atoms with Crippen LogP contribution in [0.15, 0.2) is 0 Å². The van der Waals surface area contributed by atoms with Crippen molar-refractivity contribution in [2.24, 2.45) is 0 Å². The van der Waals surface area contributed by atoms with Crippen LogP contribution >= 0.6 is 0 Å². The van der Waals surface area contributed by atoms with E-state index in [9.17, 15) is 0 Å². The molecule has 0 aliphatic heterocycles. The van der Waals surface area contributed by atoms with Crippen LogP contribution in [-0.2, 0) is 35.0 Å². The minimum absolute atomic E-state index is 0. The van der Waals surface area contributed by atoms with Crippen molar-refractivity contribution in [3.8, 4) is 0 Å². The molecule has 0 rings (SSSR count). The molecule has 0 saturated heterocycles. The molecule has 0 aliphatic rings. The van der Waals surface area contributed by atoms with Crippen LogP contribution in [0.5, 0.6) is 0 Å². The Labute approximate surface area is 73.8 Å².